The molecular weight excluding hydrogens is 284 g/mol. The zero-order valence-electron chi connectivity index (χ0n) is 12.0. The molecule has 110 valence electrons. The van der Waals surface area contributed by atoms with Gasteiger partial charge in [-0.1, -0.05) is 0 Å². The van der Waals surface area contributed by atoms with Crippen molar-refractivity contribution in [1.82, 2.24) is 9.62 Å². The van der Waals surface area contributed by atoms with Crippen molar-refractivity contribution in [2.75, 3.05) is 27.2 Å². The van der Waals surface area contributed by atoms with Crippen LogP contribution in [0.1, 0.15) is 16.7 Å². The van der Waals surface area contributed by atoms with Crippen LogP contribution in [0.3, 0.4) is 0 Å². The molecule has 0 saturated heterocycles. The molecule has 1 atom stereocenters. The number of nitrogens with one attached hydrogen (secondary N) is 1. The lowest BCUT2D eigenvalue weighted by atomic mass is 10.1. The van der Waals surface area contributed by atoms with Crippen molar-refractivity contribution in [2.24, 2.45) is 0 Å². The van der Waals surface area contributed by atoms with Crippen LogP contribution in [0.2, 0.25) is 0 Å². The maximum Gasteiger partial charge on any atom is 0.241 e. The van der Waals surface area contributed by atoms with Gasteiger partial charge in [0, 0.05) is 22.8 Å². The van der Waals surface area contributed by atoms with Crippen molar-refractivity contribution < 1.29 is 13.5 Å². The molecule has 7 heteroatoms. The summed E-state index contributed by atoms with van der Waals surface area (Å²) in [5.74, 6) is 0. The summed E-state index contributed by atoms with van der Waals surface area (Å²) in [5, 5.41) is 10.1. The second-order valence-corrected chi connectivity index (χ2v) is 8.53. The van der Waals surface area contributed by atoms with Gasteiger partial charge >= 0.3 is 0 Å². The van der Waals surface area contributed by atoms with E-state index in [1.54, 1.807) is 19.9 Å². The predicted octanol–water partition coefficient (Wildman–Crippen LogP) is 0.956. The first kappa shape index (κ1) is 16.6. The molecule has 2 N–H and O–H groups in total. The lowest BCUT2D eigenvalue weighted by molar-refractivity contribution is 0.0386. The summed E-state index contributed by atoms with van der Waals surface area (Å²) < 4.78 is 26.8. The fourth-order valence-electron chi connectivity index (χ4n) is 1.94. The second kappa shape index (κ2) is 5.88. The quantitative estimate of drug-likeness (QED) is 0.821. The third-order valence-electron chi connectivity index (χ3n) is 2.58. The Balaban J connectivity index is 2.79. The number of likely N-dealkylation sites (N-methyl/N-ethyl adjacent to an activating group) is 1. The van der Waals surface area contributed by atoms with E-state index in [4.69, 9.17) is 0 Å². The molecule has 1 aromatic rings. The van der Waals surface area contributed by atoms with Crippen LogP contribution >= 0.6 is 11.3 Å². The van der Waals surface area contributed by atoms with Crippen molar-refractivity contribution in [2.45, 2.75) is 31.3 Å². The van der Waals surface area contributed by atoms with E-state index in [0.29, 0.717) is 11.4 Å². The van der Waals surface area contributed by atoms with E-state index in [9.17, 15) is 13.5 Å². The van der Waals surface area contributed by atoms with E-state index in [1.165, 1.54) is 11.3 Å². The summed E-state index contributed by atoms with van der Waals surface area (Å²) in [4.78, 5) is 3.83. The number of hydrogen-bond donors (Lipinski definition) is 2. The second-order valence-electron chi connectivity index (χ2n) is 5.34. The van der Waals surface area contributed by atoms with E-state index < -0.39 is 15.6 Å². The lowest BCUT2D eigenvalue weighted by Gasteiger charge is -2.26. The number of thiophene rings is 1. The molecule has 0 fully saturated rings. The highest BCUT2D eigenvalue weighted by Crippen LogP contribution is 2.24. The van der Waals surface area contributed by atoms with Gasteiger partial charge < -0.3 is 10.0 Å². The molecule has 0 bridgehead atoms. The predicted molar refractivity (Wildman–Crippen MR) is 78.2 cm³/mol. The van der Waals surface area contributed by atoms with Crippen LogP contribution in [0.25, 0.3) is 0 Å². The van der Waals surface area contributed by atoms with Crippen LogP contribution in [-0.4, -0.2) is 51.2 Å². The highest BCUT2D eigenvalue weighted by molar-refractivity contribution is 7.89. The van der Waals surface area contributed by atoms with Gasteiger partial charge in [0.15, 0.2) is 0 Å². The maximum absolute atomic E-state index is 12.2. The number of rotatable bonds is 6. The third-order valence-corrected chi connectivity index (χ3v) is 5.21. The Kier molecular flexibility index (Phi) is 5.14. The molecule has 19 heavy (non-hydrogen) atoms. The zero-order valence-corrected chi connectivity index (χ0v) is 13.7. The van der Waals surface area contributed by atoms with Crippen LogP contribution in [-0.2, 0) is 10.0 Å². The summed E-state index contributed by atoms with van der Waals surface area (Å²) in [7, 11) is 0.100. The van der Waals surface area contributed by atoms with Crippen LogP contribution in [0.5, 0.6) is 0 Å². The first-order valence-electron chi connectivity index (χ1n) is 5.97. The summed E-state index contributed by atoms with van der Waals surface area (Å²) in [5.41, 5.74) is -1.10. The average molecular weight is 306 g/mol. The maximum atomic E-state index is 12.2. The molecule has 0 aliphatic rings. The van der Waals surface area contributed by atoms with Gasteiger partial charge in [-0.25, -0.2) is 13.1 Å². The lowest BCUT2D eigenvalue weighted by Crippen LogP contribution is -2.47. The molecule has 0 spiro atoms. The molecular formula is C12H22N2O3S2. The molecule has 0 aromatic carbocycles. The minimum Gasteiger partial charge on any atom is -0.387 e. The van der Waals surface area contributed by atoms with Gasteiger partial charge in [-0.15, -0.1) is 11.3 Å². The normalized spacial score (nSPS) is 15.7. The summed E-state index contributed by atoms with van der Waals surface area (Å²) >= 11 is 1.45. The first-order valence-corrected chi connectivity index (χ1v) is 8.27. The van der Waals surface area contributed by atoms with E-state index in [1.807, 2.05) is 25.9 Å². The molecule has 5 nitrogen and oxygen atoms in total. The highest BCUT2D eigenvalue weighted by atomic mass is 32.2. The Morgan fingerprint density at radius 3 is 2.42 bits per heavy atom. The van der Waals surface area contributed by atoms with E-state index in [-0.39, 0.29) is 6.54 Å². The first-order chi connectivity index (χ1) is 8.53. The number of nitrogens with zero attached hydrogens (tertiary/aromatic N) is 1. The van der Waals surface area contributed by atoms with Gasteiger partial charge in [-0.2, -0.15) is 0 Å². The Morgan fingerprint density at radius 1 is 1.42 bits per heavy atom. The van der Waals surface area contributed by atoms with E-state index >= 15 is 0 Å². The van der Waals surface area contributed by atoms with Crippen molar-refractivity contribution in [3.05, 3.63) is 15.8 Å². The van der Waals surface area contributed by atoms with Gasteiger partial charge in [0.1, 0.15) is 0 Å². The minimum absolute atomic E-state index is 0.0121. The van der Waals surface area contributed by atoms with Crippen LogP contribution in [0.15, 0.2) is 11.0 Å². The molecule has 1 unspecified atom stereocenters. The molecule has 0 aliphatic carbocycles. The van der Waals surface area contributed by atoms with Crippen molar-refractivity contribution >= 4 is 21.4 Å². The van der Waals surface area contributed by atoms with Crippen LogP contribution in [0.4, 0.5) is 0 Å². The van der Waals surface area contributed by atoms with Gasteiger partial charge in [0.2, 0.25) is 10.0 Å². The summed E-state index contributed by atoms with van der Waals surface area (Å²) in [6.45, 7) is 5.64. The Labute approximate surface area is 119 Å². The zero-order chi connectivity index (χ0) is 14.8. The topological polar surface area (TPSA) is 69.6 Å². The van der Waals surface area contributed by atoms with E-state index in [2.05, 4.69) is 4.72 Å². The summed E-state index contributed by atoms with van der Waals surface area (Å²) in [6, 6.07) is 1.66. The Morgan fingerprint density at radius 2 is 2.00 bits per heavy atom. The molecule has 0 amide bonds. The average Bonchev–Trinajstić information content (AvgIpc) is 2.54. The standard InChI is InChI=1S/C12H22N2O3S2/c1-9-6-11(10(2)18-9)19(16,17)13-7-12(3,15)8-14(4)5/h6,13,15H,7-8H2,1-5H3. The number of hydrogen-bond acceptors (Lipinski definition) is 5. The smallest absolute Gasteiger partial charge is 0.241 e. The van der Waals surface area contributed by atoms with Gasteiger partial charge in [0.05, 0.1) is 10.5 Å². The Bertz CT molecular complexity index is 533. The Hall–Kier alpha value is -0.470. The number of sulfonamides is 1. The van der Waals surface area contributed by atoms with Gasteiger partial charge in [0.25, 0.3) is 0 Å². The van der Waals surface area contributed by atoms with E-state index in [0.717, 1.165) is 9.75 Å². The van der Waals surface area contributed by atoms with Crippen molar-refractivity contribution in [3.63, 3.8) is 0 Å². The molecule has 0 aliphatic heterocycles. The summed E-state index contributed by atoms with van der Waals surface area (Å²) in [6.07, 6.45) is 0. The molecule has 0 radical (unpaired) electrons. The monoisotopic (exact) mass is 306 g/mol. The number of aliphatic hydroxyl groups is 1. The number of aryl methyl sites for hydroxylation is 2. The van der Waals surface area contributed by atoms with Crippen LogP contribution < -0.4 is 4.72 Å². The SMILES string of the molecule is Cc1cc(S(=O)(=O)NCC(C)(O)CN(C)C)c(C)s1. The van der Waals surface area contributed by atoms with Gasteiger partial charge in [-0.3, -0.25) is 0 Å². The third kappa shape index (κ3) is 4.85. The fourth-order valence-corrected chi connectivity index (χ4v) is 4.65. The molecule has 1 rings (SSSR count). The van der Waals surface area contributed by atoms with Gasteiger partial charge in [-0.05, 0) is 40.9 Å². The van der Waals surface area contributed by atoms with Crippen LogP contribution in [0, 0.1) is 13.8 Å². The fraction of sp³-hybridized carbons (Fsp3) is 0.667. The highest BCUT2D eigenvalue weighted by Gasteiger charge is 2.26. The van der Waals surface area contributed by atoms with Crippen molar-refractivity contribution in [3.8, 4) is 0 Å². The molecule has 1 heterocycles. The molecule has 0 saturated carbocycles. The molecule has 1 aromatic heterocycles. The minimum atomic E-state index is -3.56. The largest absolute Gasteiger partial charge is 0.387 e. The van der Waals surface area contributed by atoms with Crippen molar-refractivity contribution in [1.29, 1.82) is 0 Å².